The molecule has 3 amide bonds. The summed E-state index contributed by atoms with van der Waals surface area (Å²) >= 11 is 0. The molecule has 0 heterocycles. The molecule has 0 aliphatic rings. The van der Waals surface area contributed by atoms with Gasteiger partial charge in [0.2, 0.25) is 0 Å². The fraction of sp³-hybridized carbons (Fsp3) is 0.444. The van der Waals surface area contributed by atoms with Crippen LogP contribution in [0.25, 0.3) is 0 Å². The van der Waals surface area contributed by atoms with Gasteiger partial charge in [-0.15, -0.1) is 0 Å². The van der Waals surface area contributed by atoms with E-state index >= 15 is 0 Å². The molecule has 0 aliphatic carbocycles. The summed E-state index contributed by atoms with van der Waals surface area (Å²) in [5.74, 6) is 0. The Morgan fingerprint density at radius 3 is 1.86 bits per heavy atom. The summed E-state index contributed by atoms with van der Waals surface area (Å²) in [6.45, 7) is 7.03. The van der Waals surface area contributed by atoms with Gasteiger partial charge in [0.1, 0.15) is 18.8 Å². The average Bonchev–Trinajstić information content (AvgIpc) is 2.85. The van der Waals surface area contributed by atoms with Crippen LogP contribution >= 0.6 is 0 Å². The Hall–Kier alpha value is -3.75. The molecule has 2 rings (SSSR count). The van der Waals surface area contributed by atoms with Crippen LogP contribution in [0.5, 0.6) is 0 Å². The van der Waals surface area contributed by atoms with Gasteiger partial charge in [-0.25, -0.2) is 14.4 Å². The molecule has 0 aromatic heterocycles. The van der Waals surface area contributed by atoms with Gasteiger partial charge in [0.25, 0.3) is 0 Å². The van der Waals surface area contributed by atoms with Crippen molar-refractivity contribution in [2.75, 3.05) is 26.2 Å². The van der Waals surface area contributed by atoms with Crippen LogP contribution in [-0.4, -0.2) is 55.0 Å². The highest BCUT2D eigenvalue weighted by molar-refractivity contribution is 5.69. The number of benzene rings is 2. The number of rotatable bonds is 12. The van der Waals surface area contributed by atoms with E-state index in [4.69, 9.17) is 14.2 Å². The lowest BCUT2D eigenvalue weighted by Gasteiger charge is -2.23. The Morgan fingerprint density at radius 2 is 1.28 bits per heavy atom. The number of amides is 3. The van der Waals surface area contributed by atoms with Crippen molar-refractivity contribution >= 4 is 18.3 Å². The molecule has 0 saturated carbocycles. The number of carbonyl (C=O) groups is 3. The van der Waals surface area contributed by atoms with Crippen molar-refractivity contribution < 1.29 is 28.6 Å². The fourth-order valence-electron chi connectivity index (χ4n) is 3.10. The van der Waals surface area contributed by atoms with Gasteiger partial charge in [-0.3, -0.25) is 0 Å². The number of ether oxygens (including phenoxy) is 3. The second-order valence-corrected chi connectivity index (χ2v) is 9.15. The van der Waals surface area contributed by atoms with E-state index in [0.717, 1.165) is 11.1 Å². The van der Waals surface area contributed by atoms with E-state index in [1.807, 2.05) is 60.7 Å². The Labute approximate surface area is 213 Å². The van der Waals surface area contributed by atoms with Gasteiger partial charge in [0.05, 0.1) is 0 Å². The molecule has 9 nitrogen and oxygen atoms in total. The Bertz CT molecular complexity index is 932. The summed E-state index contributed by atoms with van der Waals surface area (Å²) in [6, 6.07) is 18.8. The number of unbranched alkanes of at least 4 members (excludes halogenated alkanes) is 1. The number of hydrogen-bond acceptors (Lipinski definition) is 6. The number of hydrogen-bond donors (Lipinski definition) is 2. The van der Waals surface area contributed by atoms with E-state index in [2.05, 4.69) is 10.6 Å². The molecule has 0 fully saturated rings. The lowest BCUT2D eigenvalue weighted by molar-refractivity contribution is 0.0525. The third-order valence-electron chi connectivity index (χ3n) is 4.85. The maximum absolute atomic E-state index is 12.7. The zero-order chi connectivity index (χ0) is 26.2. The first kappa shape index (κ1) is 28.5. The Balaban J connectivity index is 1.77. The first-order chi connectivity index (χ1) is 17.2. The minimum Gasteiger partial charge on any atom is -0.445 e. The van der Waals surface area contributed by atoms with Gasteiger partial charge in [0.15, 0.2) is 0 Å². The van der Waals surface area contributed by atoms with Crippen molar-refractivity contribution in [1.29, 1.82) is 0 Å². The molecule has 2 aromatic rings. The van der Waals surface area contributed by atoms with Crippen LogP contribution in [0, 0.1) is 0 Å². The van der Waals surface area contributed by atoms with Crippen LogP contribution in [0.4, 0.5) is 14.4 Å². The molecule has 0 aliphatic heterocycles. The molecule has 0 unspecified atom stereocenters. The van der Waals surface area contributed by atoms with Gasteiger partial charge in [-0.2, -0.15) is 0 Å². The van der Waals surface area contributed by atoms with Crippen molar-refractivity contribution in [3.63, 3.8) is 0 Å². The quantitative estimate of drug-likeness (QED) is 0.319. The van der Waals surface area contributed by atoms with Crippen LogP contribution in [0.15, 0.2) is 60.7 Å². The maximum atomic E-state index is 12.7. The van der Waals surface area contributed by atoms with E-state index in [-0.39, 0.29) is 26.3 Å². The first-order valence-corrected chi connectivity index (χ1v) is 12.1. The summed E-state index contributed by atoms with van der Waals surface area (Å²) in [5, 5.41) is 5.37. The van der Waals surface area contributed by atoms with Crippen LogP contribution in [0.3, 0.4) is 0 Å². The third kappa shape index (κ3) is 12.6. The molecule has 9 heteroatoms. The highest BCUT2D eigenvalue weighted by atomic mass is 16.6. The third-order valence-corrected chi connectivity index (χ3v) is 4.85. The second kappa shape index (κ2) is 15.3. The number of alkyl carbamates (subject to hydrolysis) is 2. The largest absolute Gasteiger partial charge is 0.445 e. The molecule has 36 heavy (non-hydrogen) atoms. The van der Waals surface area contributed by atoms with E-state index in [0.29, 0.717) is 25.9 Å². The standard InChI is InChI=1S/C27H37N3O6/c1-27(2,3)36-25(32)28-16-10-11-18-30(26(33)35-21-23-14-8-5-9-15-23)19-17-29-24(31)34-20-22-12-6-4-7-13-22/h4-9,12-15H,10-11,16-21H2,1-3H3,(H,28,32)(H,29,31). The lowest BCUT2D eigenvalue weighted by atomic mass is 10.2. The SMILES string of the molecule is CC(C)(C)OC(=O)NCCCCN(CCNC(=O)OCc1ccccc1)C(=O)OCc1ccccc1. The molecule has 0 bridgehead atoms. The van der Waals surface area contributed by atoms with Crippen molar-refractivity contribution in [2.45, 2.75) is 52.4 Å². The van der Waals surface area contributed by atoms with Gasteiger partial charge in [0, 0.05) is 26.2 Å². The first-order valence-electron chi connectivity index (χ1n) is 12.1. The zero-order valence-electron chi connectivity index (χ0n) is 21.3. The highest BCUT2D eigenvalue weighted by Gasteiger charge is 2.17. The molecule has 2 aromatic carbocycles. The summed E-state index contributed by atoms with van der Waals surface area (Å²) in [7, 11) is 0. The highest BCUT2D eigenvalue weighted by Crippen LogP contribution is 2.07. The van der Waals surface area contributed by atoms with Gasteiger partial charge in [-0.1, -0.05) is 60.7 Å². The summed E-state index contributed by atoms with van der Waals surface area (Å²) in [4.78, 5) is 38.0. The molecular weight excluding hydrogens is 462 g/mol. The monoisotopic (exact) mass is 499 g/mol. The van der Waals surface area contributed by atoms with Gasteiger partial charge in [-0.05, 0) is 44.7 Å². The smallest absolute Gasteiger partial charge is 0.410 e. The fourth-order valence-corrected chi connectivity index (χ4v) is 3.10. The van der Waals surface area contributed by atoms with Gasteiger partial charge < -0.3 is 29.7 Å². The van der Waals surface area contributed by atoms with E-state index in [1.54, 1.807) is 20.8 Å². The molecular formula is C27H37N3O6. The van der Waals surface area contributed by atoms with Crippen molar-refractivity contribution in [2.24, 2.45) is 0 Å². The van der Waals surface area contributed by atoms with Crippen LogP contribution in [-0.2, 0) is 27.4 Å². The zero-order valence-corrected chi connectivity index (χ0v) is 21.3. The second-order valence-electron chi connectivity index (χ2n) is 9.15. The lowest BCUT2D eigenvalue weighted by Crippen LogP contribution is -2.39. The number of nitrogens with one attached hydrogen (secondary N) is 2. The molecule has 196 valence electrons. The van der Waals surface area contributed by atoms with Crippen LogP contribution in [0.2, 0.25) is 0 Å². The minimum absolute atomic E-state index is 0.156. The normalized spacial score (nSPS) is 10.8. The number of carbonyl (C=O) groups excluding carboxylic acids is 3. The number of nitrogens with zero attached hydrogens (tertiary/aromatic N) is 1. The van der Waals surface area contributed by atoms with E-state index in [9.17, 15) is 14.4 Å². The van der Waals surface area contributed by atoms with Crippen molar-refractivity contribution in [1.82, 2.24) is 15.5 Å². The summed E-state index contributed by atoms with van der Waals surface area (Å²) in [5.41, 5.74) is 1.22. The topological polar surface area (TPSA) is 106 Å². The Morgan fingerprint density at radius 1 is 0.722 bits per heavy atom. The van der Waals surface area contributed by atoms with Gasteiger partial charge >= 0.3 is 18.3 Å². The Kier molecular flexibility index (Phi) is 12.1. The van der Waals surface area contributed by atoms with E-state index in [1.165, 1.54) is 4.90 Å². The summed E-state index contributed by atoms with van der Waals surface area (Å²) < 4.78 is 15.9. The molecule has 0 spiro atoms. The molecule has 0 atom stereocenters. The van der Waals surface area contributed by atoms with Crippen LogP contribution < -0.4 is 10.6 Å². The average molecular weight is 500 g/mol. The predicted octanol–water partition coefficient (Wildman–Crippen LogP) is 4.86. The summed E-state index contributed by atoms with van der Waals surface area (Å²) in [6.07, 6.45) is -0.223. The van der Waals surface area contributed by atoms with Crippen molar-refractivity contribution in [3.8, 4) is 0 Å². The van der Waals surface area contributed by atoms with Crippen molar-refractivity contribution in [3.05, 3.63) is 71.8 Å². The maximum Gasteiger partial charge on any atom is 0.410 e. The predicted molar refractivity (Wildman–Crippen MR) is 136 cm³/mol. The van der Waals surface area contributed by atoms with Crippen LogP contribution in [0.1, 0.15) is 44.7 Å². The minimum atomic E-state index is -0.557. The molecule has 2 N–H and O–H groups in total. The molecule has 0 saturated heterocycles. The molecule has 0 radical (unpaired) electrons. The van der Waals surface area contributed by atoms with E-state index < -0.39 is 23.9 Å².